The largest absolute Gasteiger partial charge is 0.338 e. The van der Waals surface area contributed by atoms with Crippen LogP contribution in [-0.4, -0.2) is 34.0 Å². The first-order valence-corrected chi connectivity index (χ1v) is 11.0. The van der Waals surface area contributed by atoms with Crippen molar-refractivity contribution in [2.24, 2.45) is 5.92 Å². The highest BCUT2D eigenvalue weighted by molar-refractivity contribution is 9.10. The number of anilines is 1. The number of rotatable bonds is 5. The summed E-state index contributed by atoms with van der Waals surface area (Å²) < 4.78 is 6.43. The lowest BCUT2D eigenvalue weighted by Gasteiger charge is -2.30. The molecule has 30 heavy (non-hydrogen) atoms. The van der Waals surface area contributed by atoms with Crippen molar-refractivity contribution in [3.05, 3.63) is 63.4 Å². The molecule has 1 N–H and O–H groups in total. The number of aromatic nitrogens is 2. The maximum atomic E-state index is 12.6. The van der Waals surface area contributed by atoms with E-state index in [0.717, 1.165) is 47.2 Å². The summed E-state index contributed by atoms with van der Waals surface area (Å²) in [7, 11) is 0. The normalized spacial score (nSPS) is 15.3. The molecule has 0 unspecified atom stereocenters. The van der Waals surface area contributed by atoms with Crippen LogP contribution in [0, 0.1) is 12.8 Å². The van der Waals surface area contributed by atoms with Gasteiger partial charge >= 0.3 is 0 Å². The SMILES string of the molecule is Cc1cc(Cl)ccc1NC(=O)C1CCN(Cc2nc(-c3ccc(Br)cc3)no2)CC1. The number of amides is 1. The highest BCUT2D eigenvalue weighted by Gasteiger charge is 2.26. The van der Waals surface area contributed by atoms with E-state index in [4.69, 9.17) is 16.1 Å². The van der Waals surface area contributed by atoms with Gasteiger partial charge in [0.15, 0.2) is 0 Å². The Hall–Kier alpha value is -2.22. The molecule has 1 aliphatic heterocycles. The second-order valence-corrected chi connectivity index (χ2v) is 8.87. The van der Waals surface area contributed by atoms with Gasteiger partial charge in [0, 0.05) is 26.7 Å². The number of nitrogens with one attached hydrogen (secondary N) is 1. The number of hydrogen-bond donors (Lipinski definition) is 1. The van der Waals surface area contributed by atoms with Crippen molar-refractivity contribution in [3.63, 3.8) is 0 Å². The maximum absolute atomic E-state index is 12.6. The van der Waals surface area contributed by atoms with E-state index >= 15 is 0 Å². The highest BCUT2D eigenvalue weighted by atomic mass is 79.9. The molecule has 8 heteroatoms. The van der Waals surface area contributed by atoms with Crippen molar-refractivity contribution in [2.45, 2.75) is 26.3 Å². The fourth-order valence-electron chi connectivity index (χ4n) is 3.58. The summed E-state index contributed by atoms with van der Waals surface area (Å²) in [6.07, 6.45) is 1.60. The van der Waals surface area contributed by atoms with Gasteiger partial charge in [0.1, 0.15) is 0 Å². The molecule has 156 valence electrons. The zero-order valence-corrected chi connectivity index (χ0v) is 18.9. The minimum atomic E-state index is -0.00246. The Morgan fingerprint density at radius 3 is 2.67 bits per heavy atom. The van der Waals surface area contributed by atoms with Gasteiger partial charge in [-0.3, -0.25) is 9.69 Å². The zero-order valence-electron chi connectivity index (χ0n) is 16.6. The summed E-state index contributed by atoms with van der Waals surface area (Å²) >= 11 is 9.41. The molecule has 0 spiro atoms. The van der Waals surface area contributed by atoms with E-state index in [1.165, 1.54) is 0 Å². The number of piperidine rings is 1. The molecule has 4 rings (SSSR count). The fraction of sp³-hybridized carbons (Fsp3) is 0.318. The van der Waals surface area contributed by atoms with Crippen molar-refractivity contribution in [3.8, 4) is 11.4 Å². The second-order valence-electron chi connectivity index (χ2n) is 7.52. The first kappa shape index (κ1) is 21.0. The Morgan fingerprint density at radius 2 is 1.97 bits per heavy atom. The molecule has 0 bridgehead atoms. The average Bonchev–Trinajstić information content (AvgIpc) is 3.19. The van der Waals surface area contributed by atoms with E-state index in [9.17, 15) is 4.79 Å². The number of halogens is 2. The molecule has 0 atom stereocenters. The predicted octanol–water partition coefficient (Wildman–Crippen LogP) is 5.31. The summed E-state index contributed by atoms with van der Waals surface area (Å²) in [6.45, 7) is 4.16. The van der Waals surface area contributed by atoms with Crippen molar-refractivity contribution in [1.82, 2.24) is 15.0 Å². The van der Waals surface area contributed by atoms with Crippen LogP contribution in [-0.2, 0) is 11.3 Å². The van der Waals surface area contributed by atoms with Crippen LogP contribution < -0.4 is 5.32 Å². The molecule has 2 heterocycles. The molecular weight excluding hydrogens is 468 g/mol. The third-order valence-corrected chi connectivity index (χ3v) is 6.10. The summed E-state index contributed by atoms with van der Waals surface area (Å²) in [6, 6.07) is 13.3. The van der Waals surface area contributed by atoms with Crippen LogP contribution in [0.3, 0.4) is 0 Å². The smallest absolute Gasteiger partial charge is 0.241 e. The summed E-state index contributed by atoms with van der Waals surface area (Å²) in [5.41, 5.74) is 2.70. The Labute approximate surface area is 188 Å². The van der Waals surface area contributed by atoms with Gasteiger partial charge in [-0.15, -0.1) is 0 Å². The zero-order chi connectivity index (χ0) is 21.1. The molecule has 1 aliphatic rings. The van der Waals surface area contributed by atoms with Gasteiger partial charge in [0.25, 0.3) is 0 Å². The molecule has 0 radical (unpaired) electrons. The predicted molar refractivity (Wildman–Crippen MR) is 120 cm³/mol. The summed E-state index contributed by atoms with van der Waals surface area (Å²) in [5, 5.41) is 7.79. The van der Waals surface area contributed by atoms with E-state index in [2.05, 4.69) is 36.3 Å². The number of carbonyl (C=O) groups excluding carboxylic acids is 1. The van der Waals surface area contributed by atoms with Gasteiger partial charge in [-0.1, -0.05) is 32.7 Å². The standard InChI is InChI=1S/C22H22BrClN4O2/c1-14-12-18(24)6-7-19(14)25-22(29)16-8-10-28(11-9-16)13-20-26-21(27-30-20)15-2-4-17(23)5-3-15/h2-7,12,16H,8-11,13H2,1H3,(H,25,29). The maximum Gasteiger partial charge on any atom is 0.241 e. The lowest BCUT2D eigenvalue weighted by molar-refractivity contribution is -0.121. The van der Waals surface area contributed by atoms with E-state index in [1.54, 1.807) is 6.07 Å². The quantitative estimate of drug-likeness (QED) is 0.526. The fourth-order valence-corrected chi connectivity index (χ4v) is 4.07. The molecule has 6 nitrogen and oxygen atoms in total. The number of carbonyl (C=O) groups is 1. The highest BCUT2D eigenvalue weighted by Crippen LogP contribution is 2.24. The third-order valence-electron chi connectivity index (χ3n) is 5.33. The number of nitrogens with zero attached hydrogens (tertiary/aromatic N) is 3. The van der Waals surface area contributed by atoms with Crippen molar-refractivity contribution < 1.29 is 9.32 Å². The van der Waals surface area contributed by atoms with Gasteiger partial charge in [0.2, 0.25) is 17.6 Å². The number of likely N-dealkylation sites (tertiary alicyclic amines) is 1. The molecule has 0 saturated carbocycles. The Balaban J connectivity index is 1.29. The van der Waals surface area contributed by atoms with Crippen LogP contribution in [0.25, 0.3) is 11.4 Å². The number of benzene rings is 2. The first-order valence-electron chi connectivity index (χ1n) is 9.86. The lowest BCUT2D eigenvalue weighted by atomic mass is 9.95. The molecule has 3 aromatic rings. The van der Waals surface area contributed by atoms with Crippen LogP contribution in [0.4, 0.5) is 5.69 Å². The van der Waals surface area contributed by atoms with Crippen molar-refractivity contribution >= 4 is 39.1 Å². The third kappa shape index (κ3) is 5.09. The van der Waals surface area contributed by atoms with Crippen LogP contribution in [0.15, 0.2) is 51.5 Å². The van der Waals surface area contributed by atoms with Gasteiger partial charge in [-0.05, 0) is 80.9 Å². The van der Waals surface area contributed by atoms with Gasteiger partial charge in [0.05, 0.1) is 6.54 Å². The van der Waals surface area contributed by atoms with Crippen LogP contribution in [0.1, 0.15) is 24.3 Å². The summed E-state index contributed by atoms with van der Waals surface area (Å²) in [5.74, 6) is 1.24. The Bertz CT molecular complexity index is 1030. The minimum Gasteiger partial charge on any atom is -0.338 e. The molecule has 0 aliphatic carbocycles. The lowest BCUT2D eigenvalue weighted by Crippen LogP contribution is -2.37. The minimum absolute atomic E-state index is 0.00246. The van der Waals surface area contributed by atoms with E-state index in [0.29, 0.717) is 23.3 Å². The molecule has 2 aromatic carbocycles. The van der Waals surface area contributed by atoms with Gasteiger partial charge in [-0.25, -0.2) is 0 Å². The molecule has 1 amide bonds. The van der Waals surface area contributed by atoms with Crippen molar-refractivity contribution in [1.29, 1.82) is 0 Å². The van der Waals surface area contributed by atoms with Crippen molar-refractivity contribution in [2.75, 3.05) is 18.4 Å². The topological polar surface area (TPSA) is 71.3 Å². The Morgan fingerprint density at radius 1 is 1.23 bits per heavy atom. The van der Waals surface area contributed by atoms with Gasteiger partial charge in [-0.2, -0.15) is 4.98 Å². The first-order chi connectivity index (χ1) is 14.5. The van der Waals surface area contributed by atoms with Gasteiger partial charge < -0.3 is 9.84 Å². The van der Waals surface area contributed by atoms with Crippen LogP contribution in [0.2, 0.25) is 5.02 Å². The van der Waals surface area contributed by atoms with E-state index in [1.807, 2.05) is 43.3 Å². The monoisotopic (exact) mass is 488 g/mol. The second kappa shape index (κ2) is 9.29. The van der Waals surface area contributed by atoms with E-state index in [-0.39, 0.29) is 11.8 Å². The molecule has 1 saturated heterocycles. The number of aryl methyl sites for hydroxylation is 1. The van der Waals surface area contributed by atoms with Crippen LogP contribution >= 0.6 is 27.5 Å². The van der Waals surface area contributed by atoms with Crippen LogP contribution in [0.5, 0.6) is 0 Å². The summed E-state index contributed by atoms with van der Waals surface area (Å²) in [4.78, 5) is 19.4. The molecule has 1 aromatic heterocycles. The number of hydrogen-bond acceptors (Lipinski definition) is 5. The molecular formula is C22H22BrClN4O2. The molecule has 1 fully saturated rings. The Kier molecular flexibility index (Phi) is 6.51. The average molecular weight is 490 g/mol. The van der Waals surface area contributed by atoms with E-state index < -0.39 is 0 Å².